The predicted octanol–water partition coefficient (Wildman–Crippen LogP) is 1.52. The van der Waals surface area contributed by atoms with Crippen LogP contribution in [-0.2, 0) is 19.0 Å². The largest absolute Gasteiger partial charge is 0.460 e. The third-order valence-electron chi connectivity index (χ3n) is 6.38. The van der Waals surface area contributed by atoms with Crippen LogP contribution in [0, 0.1) is 0 Å². The molecule has 2 heterocycles. The number of hydrogen-bond acceptors (Lipinski definition) is 10. The average Bonchev–Trinajstić information content (AvgIpc) is 2.91. The molecule has 2 rings (SSSR count). The number of aliphatic hydroxyl groups is 6. The molecule has 10 nitrogen and oxygen atoms in total. The smallest absolute Gasteiger partial charge is 0.331 e. The Morgan fingerprint density at radius 3 is 2.35 bits per heavy atom. The standard InChI is InChI=1S/C30H44O10/c1-21-13-7-3-2-4-11-17-24(39-30-29(37)28(36)27(35)25(20-31)40-30)19-23(33)16-10-5-8-14-22(32)15-9-6-12-18-26(34)38-21/h2,4-6,8-12,14,17-18,21-25,27-33,35-37H,3,7,13,15-16,19-20H2,1H3/b4-2+,9-6+,10-5-,14-8+,17-11+,18-12-/t21?,22?,23?,24?,25-,27-,28+,29-,30-/m0/s1. The predicted molar refractivity (Wildman–Crippen MR) is 149 cm³/mol. The summed E-state index contributed by atoms with van der Waals surface area (Å²) in [6, 6.07) is 0. The minimum Gasteiger partial charge on any atom is -0.460 e. The fraction of sp³-hybridized carbons (Fsp3) is 0.567. The molecule has 2 aliphatic rings. The summed E-state index contributed by atoms with van der Waals surface area (Å²) in [6.07, 6.45) is 13.7. The second-order valence-corrected chi connectivity index (χ2v) is 9.89. The molecule has 0 aliphatic carbocycles. The summed E-state index contributed by atoms with van der Waals surface area (Å²) in [5.41, 5.74) is 0. The number of esters is 1. The van der Waals surface area contributed by atoms with Gasteiger partial charge in [-0.3, -0.25) is 0 Å². The summed E-state index contributed by atoms with van der Waals surface area (Å²) in [5, 5.41) is 60.6. The van der Waals surface area contributed by atoms with Crippen LogP contribution in [0.5, 0.6) is 0 Å². The van der Waals surface area contributed by atoms with E-state index in [9.17, 15) is 35.4 Å². The molecule has 2 aliphatic heterocycles. The molecule has 1 fully saturated rings. The number of carbonyl (C=O) groups is 1. The van der Waals surface area contributed by atoms with Crippen molar-refractivity contribution in [1.29, 1.82) is 0 Å². The first kappa shape index (κ1) is 33.8. The average molecular weight is 565 g/mol. The van der Waals surface area contributed by atoms with Crippen molar-refractivity contribution in [2.75, 3.05) is 6.61 Å². The summed E-state index contributed by atoms with van der Waals surface area (Å²) in [7, 11) is 0. The molecule has 0 radical (unpaired) electrons. The number of rotatable bonds is 3. The number of carbonyl (C=O) groups excluding carboxylic acids is 1. The molecule has 1 saturated heterocycles. The van der Waals surface area contributed by atoms with Crippen molar-refractivity contribution in [2.24, 2.45) is 0 Å². The number of ether oxygens (including phenoxy) is 3. The van der Waals surface area contributed by atoms with E-state index in [1.54, 1.807) is 54.7 Å². The van der Waals surface area contributed by atoms with Crippen molar-refractivity contribution < 1.29 is 49.6 Å². The van der Waals surface area contributed by atoms with E-state index in [0.29, 0.717) is 12.8 Å². The molecular weight excluding hydrogens is 520 g/mol. The molecule has 4 unspecified atom stereocenters. The lowest BCUT2D eigenvalue weighted by Crippen LogP contribution is -2.59. The second-order valence-electron chi connectivity index (χ2n) is 9.89. The maximum Gasteiger partial charge on any atom is 0.331 e. The van der Waals surface area contributed by atoms with Gasteiger partial charge >= 0.3 is 5.97 Å². The zero-order valence-corrected chi connectivity index (χ0v) is 22.9. The van der Waals surface area contributed by atoms with Crippen LogP contribution in [0.1, 0.15) is 45.4 Å². The zero-order valence-electron chi connectivity index (χ0n) is 22.9. The summed E-state index contributed by atoms with van der Waals surface area (Å²) in [4.78, 5) is 11.9. The second kappa shape index (κ2) is 18.8. The fourth-order valence-electron chi connectivity index (χ4n) is 4.09. The highest BCUT2D eigenvalue weighted by Crippen LogP contribution is 2.24. The van der Waals surface area contributed by atoms with Crippen LogP contribution in [-0.4, -0.2) is 98.3 Å². The Morgan fingerprint density at radius 1 is 0.875 bits per heavy atom. The van der Waals surface area contributed by atoms with Crippen LogP contribution in [0.25, 0.3) is 0 Å². The number of allylic oxidation sites excluding steroid dienone is 7. The Hall–Kier alpha value is -2.41. The molecule has 0 aromatic carbocycles. The van der Waals surface area contributed by atoms with Crippen molar-refractivity contribution in [1.82, 2.24) is 0 Å². The topological polar surface area (TPSA) is 166 Å². The normalized spacial score (nSPS) is 40.6. The highest BCUT2D eigenvalue weighted by atomic mass is 16.7. The third kappa shape index (κ3) is 12.8. The summed E-state index contributed by atoms with van der Waals surface area (Å²) >= 11 is 0. The first-order chi connectivity index (χ1) is 19.2. The monoisotopic (exact) mass is 564 g/mol. The Labute approximate surface area is 235 Å². The van der Waals surface area contributed by atoms with Crippen molar-refractivity contribution in [3.63, 3.8) is 0 Å². The van der Waals surface area contributed by atoms with E-state index < -0.39 is 61.6 Å². The van der Waals surface area contributed by atoms with E-state index >= 15 is 0 Å². The first-order valence-electron chi connectivity index (χ1n) is 13.7. The molecule has 0 bridgehead atoms. The molecule has 0 aromatic heterocycles. The SMILES string of the molecule is CC1CCC/C=C/C=C/C(O[C@H]2O[C@@H](CO)[C@H](O)[C@@H](O)[C@@H]2O)CC(O)C/C=C\C=C\C(O)C/C=C/C=C\C(=O)O1. The molecule has 9 atom stereocenters. The Bertz CT molecular complexity index is 906. The van der Waals surface area contributed by atoms with Crippen LogP contribution >= 0.6 is 0 Å². The van der Waals surface area contributed by atoms with E-state index in [4.69, 9.17) is 14.2 Å². The number of aliphatic hydroxyl groups excluding tert-OH is 6. The quantitative estimate of drug-likeness (QED) is 0.277. The minimum atomic E-state index is -1.57. The summed E-state index contributed by atoms with van der Waals surface area (Å²) in [5.74, 6) is -0.428. The fourth-order valence-corrected chi connectivity index (χ4v) is 4.09. The Balaban J connectivity index is 2.10. The van der Waals surface area contributed by atoms with Crippen LogP contribution in [0.15, 0.2) is 72.9 Å². The van der Waals surface area contributed by atoms with Gasteiger partial charge in [0, 0.05) is 12.5 Å². The minimum absolute atomic E-state index is 0.136. The van der Waals surface area contributed by atoms with Crippen LogP contribution < -0.4 is 0 Å². The third-order valence-corrected chi connectivity index (χ3v) is 6.38. The van der Waals surface area contributed by atoms with Gasteiger partial charge < -0.3 is 44.8 Å². The van der Waals surface area contributed by atoms with Gasteiger partial charge in [-0.2, -0.15) is 0 Å². The molecule has 0 spiro atoms. The van der Waals surface area contributed by atoms with Crippen molar-refractivity contribution in [3.05, 3.63) is 72.9 Å². The maximum atomic E-state index is 11.9. The molecule has 0 amide bonds. The Kier molecular flexibility index (Phi) is 15.9. The lowest BCUT2D eigenvalue weighted by atomic mass is 9.99. The van der Waals surface area contributed by atoms with Gasteiger partial charge in [0.25, 0.3) is 0 Å². The van der Waals surface area contributed by atoms with E-state index in [1.807, 2.05) is 19.1 Å². The van der Waals surface area contributed by atoms with Crippen molar-refractivity contribution >= 4 is 5.97 Å². The van der Waals surface area contributed by atoms with Gasteiger partial charge in [-0.15, -0.1) is 0 Å². The number of cyclic esters (lactones) is 1. The van der Waals surface area contributed by atoms with Gasteiger partial charge in [-0.25, -0.2) is 4.79 Å². The summed E-state index contributed by atoms with van der Waals surface area (Å²) in [6.45, 7) is 1.26. The van der Waals surface area contributed by atoms with E-state index in [0.717, 1.165) is 12.8 Å². The van der Waals surface area contributed by atoms with E-state index in [-0.39, 0.29) is 18.9 Å². The number of hydrogen-bond donors (Lipinski definition) is 6. The van der Waals surface area contributed by atoms with E-state index in [2.05, 4.69) is 0 Å². The van der Waals surface area contributed by atoms with Gasteiger partial charge in [0.2, 0.25) is 0 Å². The molecule has 40 heavy (non-hydrogen) atoms. The van der Waals surface area contributed by atoms with Gasteiger partial charge in [-0.1, -0.05) is 66.8 Å². The van der Waals surface area contributed by atoms with Crippen LogP contribution in [0.4, 0.5) is 0 Å². The van der Waals surface area contributed by atoms with E-state index in [1.165, 1.54) is 6.08 Å². The molecule has 0 saturated carbocycles. The Morgan fingerprint density at radius 2 is 1.57 bits per heavy atom. The first-order valence-corrected chi connectivity index (χ1v) is 13.7. The van der Waals surface area contributed by atoms with Gasteiger partial charge in [0.15, 0.2) is 6.29 Å². The highest BCUT2D eigenvalue weighted by Gasteiger charge is 2.44. The van der Waals surface area contributed by atoms with Crippen LogP contribution in [0.3, 0.4) is 0 Å². The van der Waals surface area contributed by atoms with Gasteiger partial charge in [-0.05, 0) is 39.0 Å². The van der Waals surface area contributed by atoms with Crippen molar-refractivity contribution in [3.8, 4) is 0 Å². The molecule has 6 N–H and O–H groups in total. The van der Waals surface area contributed by atoms with Gasteiger partial charge in [0.1, 0.15) is 24.4 Å². The lowest BCUT2D eigenvalue weighted by molar-refractivity contribution is -0.308. The molecule has 224 valence electrons. The van der Waals surface area contributed by atoms with Crippen LogP contribution in [0.2, 0.25) is 0 Å². The maximum absolute atomic E-state index is 11.9. The molecular formula is C30H44O10. The molecule has 10 heteroatoms. The summed E-state index contributed by atoms with van der Waals surface area (Å²) < 4.78 is 16.7. The van der Waals surface area contributed by atoms with Gasteiger partial charge in [0.05, 0.1) is 31.0 Å². The lowest BCUT2D eigenvalue weighted by Gasteiger charge is -2.40. The molecule has 0 aromatic rings. The zero-order chi connectivity index (χ0) is 29.3. The highest BCUT2D eigenvalue weighted by molar-refractivity contribution is 5.82. The van der Waals surface area contributed by atoms with Crippen molar-refractivity contribution in [2.45, 2.75) is 101 Å².